The van der Waals surface area contributed by atoms with Crippen molar-refractivity contribution in [3.63, 3.8) is 0 Å². The highest BCUT2D eigenvalue weighted by Gasteiger charge is 2.10. The Labute approximate surface area is 120 Å². The van der Waals surface area contributed by atoms with Gasteiger partial charge in [0.05, 0.1) is 0 Å². The van der Waals surface area contributed by atoms with Crippen LogP contribution in [-0.2, 0) is 6.54 Å². The summed E-state index contributed by atoms with van der Waals surface area (Å²) in [7, 11) is 0. The Kier molecular flexibility index (Phi) is 4.91. The van der Waals surface area contributed by atoms with E-state index in [-0.39, 0.29) is 5.82 Å². The van der Waals surface area contributed by atoms with Crippen molar-refractivity contribution in [2.45, 2.75) is 33.7 Å². The van der Waals surface area contributed by atoms with E-state index in [2.05, 4.69) is 37.4 Å². The van der Waals surface area contributed by atoms with Crippen molar-refractivity contribution in [1.82, 2.24) is 5.32 Å². The number of benzene rings is 2. The van der Waals surface area contributed by atoms with Crippen molar-refractivity contribution in [2.75, 3.05) is 6.54 Å². The molecule has 2 aromatic rings. The molecule has 0 aliphatic rings. The molecule has 20 heavy (non-hydrogen) atoms. The average molecular weight is 271 g/mol. The number of hydrogen-bond acceptors (Lipinski definition) is 1. The third-order valence-electron chi connectivity index (χ3n) is 3.57. The highest BCUT2D eigenvalue weighted by molar-refractivity contribution is 5.71. The van der Waals surface area contributed by atoms with Crippen LogP contribution in [-0.4, -0.2) is 6.54 Å². The quantitative estimate of drug-likeness (QED) is 0.783. The lowest BCUT2D eigenvalue weighted by Crippen LogP contribution is -2.14. The Morgan fingerprint density at radius 2 is 1.85 bits per heavy atom. The van der Waals surface area contributed by atoms with Gasteiger partial charge in [-0.3, -0.25) is 0 Å². The van der Waals surface area contributed by atoms with Gasteiger partial charge in [-0.25, -0.2) is 4.39 Å². The predicted molar refractivity (Wildman–Crippen MR) is 83.3 cm³/mol. The van der Waals surface area contributed by atoms with Gasteiger partial charge in [-0.2, -0.15) is 0 Å². The monoisotopic (exact) mass is 271 g/mol. The zero-order chi connectivity index (χ0) is 14.5. The molecule has 0 aliphatic heterocycles. The van der Waals surface area contributed by atoms with E-state index < -0.39 is 0 Å². The van der Waals surface area contributed by atoms with E-state index in [1.54, 1.807) is 6.07 Å². The maximum absolute atomic E-state index is 13.8. The smallest absolute Gasteiger partial charge is 0.126 e. The Balaban J connectivity index is 2.43. The zero-order valence-corrected chi connectivity index (χ0v) is 12.5. The molecule has 0 bridgehead atoms. The van der Waals surface area contributed by atoms with Gasteiger partial charge in [0.25, 0.3) is 0 Å². The largest absolute Gasteiger partial charge is 0.313 e. The Morgan fingerprint density at radius 1 is 1.05 bits per heavy atom. The van der Waals surface area contributed by atoms with Gasteiger partial charge < -0.3 is 5.32 Å². The van der Waals surface area contributed by atoms with Crippen LogP contribution in [0, 0.1) is 19.7 Å². The fraction of sp³-hybridized carbons (Fsp3) is 0.333. The summed E-state index contributed by atoms with van der Waals surface area (Å²) in [6.45, 7) is 7.88. The van der Waals surface area contributed by atoms with Crippen molar-refractivity contribution in [1.29, 1.82) is 0 Å². The third-order valence-corrected chi connectivity index (χ3v) is 3.57. The minimum Gasteiger partial charge on any atom is -0.313 e. The molecule has 0 amide bonds. The first-order valence-electron chi connectivity index (χ1n) is 7.19. The van der Waals surface area contributed by atoms with Gasteiger partial charge >= 0.3 is 0 Å². The number of aryl methyl sites for hydroxylation is 1. The van der Waals surface area contributed by atoms with Crippen LogP contribution in [0.5, 0.6) is 0 Å². The van der Waals surface area contributed by atoms with Crippen LogP contribution in [0.25, 0.3) is 11.1 Å². The molecule has 0 saturated carbocycles. The van der Waals surface area contributed by atoms with Crippen molar-refractivity contribution < 1.29 is 4.39 Å². The maximum atomic E-state index is 13.8. The fourth-order valence-corrected chi connectivity index (χ4v) is 2.39. The molecule has 0 saturated heterocycles. The van der Waals surface area contributed by atoms with E-state index in [1.165, 1.54) is 17.2 Å². The molecule has 2 aromatic carbocycles. The number of hydrogen-bond donors (Lipinski definition) is 1. The molecule has 0 radical (unpaired) electrons. The minimum absolute atomic E-state index is 0.142. The molecule has 0 spiro atoms. The summed E-state index contributed by atoms with van der Waals surface area (Å²) >= 11 is 0. The normalized spacial score (nSPS) is 10.8. The molecular weight excluding hydrogens is 249 g/mol. The van der Waals surface area contributed by atoms with Crippen LogP contribution in [0.2, 0.25) is 0 Å². The van der Waals surface area contributed by atoms with Crippen LogP contribution in [0.1, 0.15) is 30.0 Å². The Hall–Kier alpha value is -1.67. The van der Waals surface area contributed by atoms with Crippen LogP contribution in [0.4, 0.5) is 4.39 Å². The van der Waals surface area contributed by atoms with Crippen LogP contribution >= 0.6 is 0 Å². The second-order valence-electron chi connectivity index (χ2n) is 5.25. The standard InChI is InChI=1S/C18H22FN/c1-4-10-20-12-15-9-8-13(2)11-17(15)16-6-5-7-18(19)14(16)3/h5-9,11,20H,4,10,12H2,1-3H3. The third kappa shape index (κ3) is 3.26. The summed E-state index contributed by atoms with van der Waals surface area (Å²) in [4.78, 5) is 0. The van der Waals surface area contributed by atoms with Crippen molar-refractivity contribution >= 4 is 0 Å². The second-order valence-corrected chi connectivity index (χ2v) is 5.25. The minimum atomic E-state index is -0.142. The molecule has 0 heterocycles. The highest BCUT2D eigenvalue weighted by atomic mass is 19.1. The lowest BCUT2D eigenvalue weighted by molar-refractivity contribution is 0.619. The second kappa shape index (κ2) is 6.67. The highest BCUT2D eigenvalue weighted by Crippen LogP contribution is 2.29. The summed E-state index contributed by atoms with van der Waals surface area (Å²) in [5.41, 5.74) is 5.25. The summed E-state index contributed by atoms with van der Waals surface area (Å²) in [6.07, 6.45) is 1.11. The lowest BCUT2D eigenvalue weighted by atomic mass is 9.94. The molecule has 1 nitrogen and oxygen atoms in total. The van der Waals surface area contributed by atoms with E-state index in [4.69, 9.17) is 0 Å². The summed E-state index contributed by atoms with van der Waals surface area (Å²) in [5, 5.41) is 3.42. The maximum Gasteiger partial charge on any atom is 0.126 e. The van der Waals surface area contributed by atoms with Crippen LogP contribution < -0.4 is 5.32 Å². The fourth-order valence-electron chi connectivity index (χ4n) is 2.39. The van der Waals surface area contributed by atoms with E-state index in [0.29, 0.717) is 0 Å². The van der Waals surface area contributed by atoms with Gasteiger partial charge in [0, 0.05) is 6.54 Å². The topological polar surface area (TPSA) is 12.0 Å². The first-order chi connectivity index (χ1) is 9.63. The number of nitrogens with one attached hydrogen (secondary N) is 1. The van der Waals surface area contributed by atoms with Crippen LogP contribution in [0.3, 0.4) is 0 Å². The molecule has 1 N–H and O–H groups in total. The summed E-state index contributed by atoms with van der Waals surface area (Å²) in [5.74, 6) is -0.142. The number of rotatable bonds is 5. The van der Waals surface area contributed by atoms with E-state index in [9.17, 15) is 4.39 Å². The van der Waals surface area contributed by atoms with Crippen molar-refractivity contribution in [2.24, 2.45) is 0 Å². The van der Waals surface area contributed by atoms with Gasteiger partial charge in [-0.05, 0) is 55.1 Å². The molecule has 0 fully saturated rings. The van der Waals surface area contributed by atoms with Crippen molar-refractivity contribution in [3.05, 3.63) is 58.9 Å². The van der Waals surface area contributed by atoms with Gasteiger partial charge in [0.15, 0.2) is 0 Å². The van der Waals surface area contributed by atoms with E-state index in [1.807, 2.05) is 13.0 Å². The Bertz CT molecular complexity index is 590. The van der Waals surface area contributed by atoms with E-state index in [0.717, 1.165) is 36.2 Å². The van der Waals surface area contributed by atoms with Gasteiger partial charge in [0.2, 0.25) is 0 Å². The first-order valence-corrected chi connectivity index (χ1v) is 7.19. The molecule has 0 atom stereocenters. The van der Waals surface area contributed by atoms with Gasteiger partial charge in [-0.1, -0.05) is 42.8 Å². The SMILES string of the molecule is CCCNCc1ccc(C)cc1-c1cccc(F)c1C. The summed E-state index contributed by atoms with van der Waals surface area (Å²) in [6, 6.07) is 11.7. The molecule has 0 aliphatic carbocycles. The molecule has 2 heteroatoms. The average Bonchev–Trinajstić information content (AvgIpc) is 2.44. The molecule has 2 rings (SSSR count). The summed E-state index contributed by atoms with van der Waals surface area (Å²) < 4.78 is 13.8. The predicted octanol–water partition coefficient (Wildman–Crippen LogP) is 4.61. The van der Waals surface area contributed by atoms with Gasteiger partial charge in [0.1, 0.15) is 5.82 Å². The lowest BCUT2D eigenvalue weighted by Gasteiger charge is -2.14. The molecule has 106 valence electrons. The Morgan fingerprint density at radius 3 is 2.60 bits per heavy atom. The van der Waals surface area contributed by atoms with Gasteiger partial charge in [-0.15, -0.1) is 0 Å². The van der Waals surface area contributed by atoms with Crippen LogP contribution in [0.15, 0.2) is 36.4 Å². The number of halogens is 1. The molecule has 0 unspecified atom stereocenters. The first kappa shape index (κ1) is 14.7. The zero-order valence-electron chi connectivity index (χ0n) is 12.5. The molecular formula is C18H22FN. The van der Waals surface area contributed by atoms with E-state index >= 15 is 0 Å². The molecule has 0 aromatic heterocycles. The van der Waals surface area contributed by atoms with Crippen molar-refractivity contribution in [3.8, 4) is 11.1 Å².